The van der Waals surface area contributed by atoms with Crippen molar-refractivity contribution < 1.29 is 0 Å². The van der Waals surface area contributed by atoms with Gasteiger partial charge in [-0.25, -0.2) is 4.98 Å². The highest BCUT2D eigenvalue weighted by atomic mass is 15.2. The van der Waals surface area contributed by atoms with Crippen LogP contribution in [0.3, 0.4) is 0 Å². The second kappa shape index (κ2) is 7.14. The summed E-state index contributed by atoms with van der Waals surface area (Å²) in [5.41, 5.74) is 9.02. The smallest absolute Gasteiger partial charge is 0.137 e. The lowest BCUT2D eigenvalue weighted by atomic mass is 9.82. The summed E-state index contributed by atoms with van der Waals surface area (Å²) in [4.78, 5) is 6.92. The van der Waals surface area contributed by atoms with Gasteiger partial charge in [-0.3, -0.25) is 4.90 Å². The van der Waals surface area contributed by atoms with Crippen LogP contribution in [0.4, 0.5) is 17.2 Å². The Kier molecular flexibility index (Phi) is 4.43. The molecular formula is C28H26N2. The molecule has 0 bridgehead atoms. The molecule has 1 aliphatic rings. The minimum absolute atomic E-state index is 0.0240. The molecule has 1 aromatic heterocycles. The van der Waals surface area contributed by atoms with E-state index in [2.05, 4.69) is 103 Å². The standard InChI is InChI=1S/C28H26N2/c1-4-20-12-14-21(15-13-20)30(27-11-7-8-18-29-27)22-16-17-24-23-9-5-6-10-25(23)28(2,3)26(24)19-22/h5-19H,4H2,1-3H3. The Balaban J connectivity index is 1.67. The fourth-order valence-corrected chi connectivity index (χ4v) is 4.61. The van der Waals surface area contributed by atoms with Gasteiger partial charge < -0.3 is 0 Å². The Morgan fingerprint density at radius 3 is 2.17 bits per heavy atom. The molecule has 0 saturated heterocycles. The summed E-state index contributed by atoms with van der Waals surface area (Å²) in [6.07, 6.45) is 2.89. The lowest BCUT2D eigenvalue weighted by Crippen LogP contribution is -2.17. The Morgan fingerprint density at radius 1 is 0.733 bits per heavy atom. The molecule has 0 unspecified atom stereocenters. The first-order valence-electron chi connectivity index (χ1n) is 10.6. The minimum atomic E-state index is -0.0240. The first-order chi connectivity index (χ1) is 14.6. The summed E-state index contributed by atoms with van der Waals surface area (Å²) >= 11 is 0. The number of aromatic nitrogens is 1. The number of pyridine rings is 1. The number of rotatable bonds is 4. The molecule has 1 heterocycles. The number of aryl methyl sites for hydroxylation is 1. The molecule has 4 aromatic rings. The van der Waals surface area contributed by atoms with E-state index < -0.39 is 0 Å². The third kappa shape index (κ3) is 2.91. The third-order valence-corrected chi connectivity index (χ3v) is 6.31. The summed E-state index contributed by atoms with van der Waals surface area (Å²) in [7, 11) is 0. The number of fused-ring (bicyclic) bond motifs is 3. The molecule has 0 fully saturated rings. The molecule has 0 radical (unpaired) electrons. The van der Waals surface area contributed by atoms with Gasteiger partial charge in [0.1, 0.15) is 5.82 Å². The molecule has 2 heteroatoms. The van der Waals surface area contributed by atoms with Gasteiger partial charge in [0.2, 0.25) is 0 Å². The van der Waals surface area contributed by atoms with Crippen molar-refractivity contribution in [2.24, 2.45) is 0 Å². The van der Waals surface area contributed by atoms with Gasteiger partial charge >= 0.3 is 0 Å². The molecule has 0 aliphatic heterocycles. The monoisotopic (exact) mass is 390 g/mol. The highest BCUT2D eigenvalue weighted by Crippen LogP contribution is 2.50. The number of anilines is 3. The molecule has 148 valence electrons. The molecule has 0 amide bonds. The average Bonchev–Trinajstić information content (AvgIpc) is 3.02. The first-order valence-corrected chi connectivity index (χ1v) is 10.6. The van der Waals surface area contributed by atoms with Crippen LogP contribution in [0, 0.1) is 0 Å². The highest BCUT2D eigenvalue weighted by molar-refractivity contribution is 5.84. The van der Waals surface area contributed by atoms with E-state index in [-0.39, 0.29) is 5.41 Å². The molecule has 3 aromatic carbocycles. The summed E-state index contributed by atoms with van der Waals surface area (Å²) in [5, 5.41) is 0. The second-order valence-corrected chi connectivity index (χ2v) is 8.44. The lowest BCUT2D eigenvalue weighted by Gasteiger charge is -2.27. The van der Waals surface area contributed by atoms with Gasteiger partial charge in [0.15, 0.2) is 0 Å². The van der Waals surface area contributed by atoms with Gasteiger partial charge in [-0.05, 0) is 70.6 Å². The maximum absolute atomic E-state index is 4.67. The summed E-state index contributed by atoms with van der Waals surface area (Å²) in [5.74, 6) is 0.926. The second-order valence-electron chi connectivity index (χ2n) is 8.44. The van der Waals surface area contributed by atoms with Crippen LogP contribution in [-0.4, -0.2) is 4.98 Å². The quantitative estimate of drug-likeness (QED) is 0.360. The van der Waals surface area contributed by atoms with E-state index in [0.29, 0.717) is 0 Å². The summed E-state index contributed by atoms with van der Waals surface area (Å²) in [6, 6.07) is 30.5. The number of nitrogens with zero attached hydrogens (tertiary/aromatic N) is 2. The summed E-state index contributed by atoms with van der Waals surface area (Å²) in [6.45, 7) is 6.83. The molecule has 0 saturated carbocycles. The van der Waals surface area contributed by atoms with Crippen molar-refractivity contribution in [3.63, 3.8) is 0 Å². The number of benzene rings is 3. The average molecular weight is 391 g/mol. The zero-order valence-electron chi connectivity index (χ0n) is 17.8. The van der Waals surface area contributed by atoms with Crippen LogP contribution in [0.1, 0.15) is 37.5 Å². The molecular weight excluding hydrogens is 364 g/mol. The van der Waals surface area contributed by atoms with Crippen LogP contribution in [-0.2, 0) is 11.8 Å². The maximum atomic E-state index is 4.67. The van der Waals surface area contributed by atoms with Crippen LogP contribution >= 0.6 is 0 Å². The van der Waals surface area contributed by atoms with Crippen molar-refractivity contribution in [3.05, 3.63) is 108 Å². The molecule has 5 rings (SSSR count). The molecule has 30 heavy (non-hydrogen) atoms. The van der Waals surface area contributed by atoms with Crippen molar-refractivity contribution in [1.29, 1.82) is 0 Å². The van der Waals surface area contributed by atoms with Crippen LogP contribution in [0.15, 0.2) is 91.1 Å². The summed E-state index contributed by atoms with van der Waals surface area (Å²) < 4.78 is 0. The van der Waals surface area contributed by atoms with E-state index in [1.165, 1.54) is 27.8 Å². The van der Waals surface area contributed by atoms with Crippen LogP contribution in [0.2, 0.25) is 0 Å². The Bertz CT molecular complexity index is 1190. The fourth-order valence-electron chi connectivity index (χ4n) is 4.61. The zero-order valence-corrected chi connectivity index (χ0v) is 17.8. The fraction of sp³-hybridized carbons (Fsp3) is 0.179. The van der Waals surface area contributed by atoms with E-state index in [9.17, 15) is 0 Å². The molecule has 0 spiro atoms. The topological polar surface area (TPSA) is 16.1 Å². The van der Waals surface area contributed by atoms with Gasteiger partial charge in [-0.1, -0.05) is 69.3 Å². The van der Waals surface area contributed by atoms with Gasteiger partial charge in [-0.15, -0.1) is 0 Å². The van der Waals surface area contributed by atoms with Crippen molar-refractivity contribution in [1.82, 2.24) is 4.98 Å². The van der Waals surface area contributed by atoms with E-state index in [1.807, 2.05) is 18.3 Å². The lowest BCUT2D eigenvalue weighted by molar-refractivity contribution is 0.660. The predicted molar refractivity (Wildman–Crippen MR) is 126 cm³/mol. The van der Waals surface area contributed by atoms with E-state index in [0.717, 1.165) is 23.6 Å². The number of hydrogen-bond acceptors (Lipinski definition) is 2. The molecule has 0 atom stereocenters. The Labute approximate surface area is 178 Å². The van der Waals surface area contributed by atoms with Gasteiger partial charge in [-0.2, -0.15) is 0 Å². The van der Waals surface area contributed by atoms with Crippen molar-refractivity contribution in [2.45, 2.75) is 32.6 Å². The maximum Gasteiger partial charge on any atom is 0.137 e. The van der Waals surface area contributed by atoms with E-state index in [4.69, 9.17) is 0 Å². The Morgan fingerprint density at radius 2 is 1.43 bits per heavy atom. The predicted octanol–water partition coefficient (Wildman–Crippen LogP) is 7.42. The SMILES string of the molecule is CCc1ccc(N(c2ccc3c(c2)C(C)(C)c2ccccc2-3)c2ccccn2)cc1. The third-order valence-electron chi connectivity index (χ3n) is 6.31. The normalized spacial score (nSPS) is 13.6. The van der Waals surface area contributed by atoms with Crippen molar-refractivity contribution in [2.75, 3.05) is 4.90 Å². The van der Waals surface area contributed by atoms with Crippen molar-refractivity contribution >= 4 is 17.2 Å². The molecule has 0 N–H and O–H groups in total. The van der Waals surface area contributed by atoms with Gasteiger partial charge in [0, 0.05) is 23.0 Å². The largest absolute Gasteiger partial charge is 0.295 e. The highest BCUT2D eigenvalue weighted by Gasteiger charge is 2.35. The molecule has 2 nitrogen and oxygen atoms in total. The van der Waals surface area contributed by atoms with Crippen LogP contribution in [0.5, 0.6) is 0 Å². The van der Waals surface area contributed by atoms with Crippen molar-refractivity contribution in [3.8, 4) is 11.1 Å². The zero-order chi connectivity index (χ0) is 20.7. The number of hydrogen-bond donors (Lipinski definition) is 0. The van der Waals surface area contributed by atoms with Gasteiger partial charge in [0.25, 0.3) is 0 Å². The van der Waals surface area contributed by atoms with Crippen LogP contribution < -0.4 is 4.90 Å². The first kappa shape index (κ1) is 18.6. The van der Waals surface area contributed by atoms with Gasteiger partial charge in [0.05, 0.1) is 0 Å². The molecule has 1 aliphatic carbocycles. The van der Waals surface area contributed by atoms with E-state index in [1.54, 1.807) is 0 Å². The Hall–Kier alpha value is -3.39. The van der Waals surface area contributed by atoms with Crippen LogP contribution in [0.25, 0.3) is 11.1 Å². The van der Waals surface area contributed by atoms with E-state index >= 15 is 0 Å². The minimum Gasteiger partial charge on any atom is -0.295 e.